The standard InChI is InChI=1S/C22H24N2O3/c1-14-7-9-18-16(11-14)17-12-15(8-10-19(17)24-18)23-22(25)13-27-21-6-4-3-5-20(21)26-2/h3-7,9,11,15,24H,8,10,12-13H2,1-2H3,(H,23,25). The Kier molecular flexibility index (Phi) is 4.75. The fourth-order valence-electron chi connectivity index (χ4n) is 3.80. The molecule has 0 saturated heterocycles. The zero-order valence-electron chi connectivity index (χ0n) is 15.7. The van der Waals surface area contributed by atoms with E-state index >= 15 is 0 Å². The fourth-order valence-corrected chi connectivity index (χ4v) is 3.80. The minimum atomic E-state index is -0.106. The van der Waals surface area contributed by atoms with Gasteiger partial charge in [-0.1, -0.05) is 23.8 Å². The normalized spacial score (nSPS) is 16.0. The molecule has 1 aliphatic rings. The third kappa shape index (κ3) is 3.63. The van der Waals surface area contributed by atoms with Crippen LogP contribution >= 0.6 is 0 Å². The highest BCUT2D eigenvalue weighted by molar-refractivity contribution is 5.86. The quantitative estimate of drug-likeness (QED) is 0.728. The van der Waals surface area contributed by atoms with E-state index in [1.165, 1.54) is 27.7 Å². The molecule has 1 amide bonds. The van der Waals surface area contributed by atoms with Crippen LogP contribution in [0.5, 0.6) is 11.5 Å². The number of nitrogens with one attached hydrogen (secondary N) is 2. The average molecular weight is 364 g/mol. The number of ether oxygens (including phenoxy) is 2. The summed E-state index contributed by atoms with van der Waals surface area (Å²) in [6.45, 7) is 2.09. The molecule has 4 rings (SSSR count). The van der Waals surface area contributed by atoms with Crippen molar-refractivity contribution in [2.75, 3.05) is 13.7 Å². The zero-order valence-corrected chi connectivity index (χ0v) is 15.7. The molecular formula is C22H24N2O3. The van der Waals surface area contributed by atoms with E-state index in [-0.39, 0.29) is 18.6 Å². The number of aromatic amines is 1. The minimum absolute atomic E-state index is 0.0171. The summed E-state index contributed by atoms with van der Waals surface area (Å²) in [4.78, 5) is 15.9. The van der Waals surface area contributed by atoms with Crippen LogP contribution in [0, 0.1) is 6.92 Å². The maximum atomic E-state index is 12.4. The Morgan fingerprint density at radius 1 is 1.22 bits per heavy atom. The summed E-state index contributed by atoms with van der Waals surface area (Å²) in [5.74, 6) is 1.10. The lowest BCUT2D eigenvalue weighted by Gasteiger charge is -2.23. The van der Waals surface area contributed by atoms with Gasteiger partial charge in [0, 0.05) is 22.6 Å². The molecule has 2 N–H and O–H groups in total. The maximum absolute atomic E-state index is 12.4. The first-order valence-corrected chi connectivity index (χ1v) is 9.29. The lowest BCUT2D eigenvalue weighted by atomic mass is 9.91. The molecule has 3 aromatic rings. The van der Waals surface area contributed by atoms with Gasteiger partial charge in [0.2, 0.25) is 0 Å². The van der Waals surface area contributed by atoms with Gasteiger partial charge in [0.15, 0.2) is 18.1 Å². The molecule has 1 aliphatic carbocycles. The molecule has 5 heteroatoms. The van der Waals surface area contributed by atoms with Crippen LogP contribution in [0.4, 0.5) is 0 Å². The van der Waals surface area contributed by atoms with Gasteiger partial charge < -0.3 is 19.8 Å². The van der Waals surface area contributed by atoms with Gasteiger partial charge in [-0.3, -0.25) is 4.79 Å². The number of aromatic nitrogens is 1. The number of hydrogen-bond donors (Lipinski definition) is 2. The van der Waals surface area contributed by atoms with Gasteiger partial charge in [-0.25, -0.2) is 0 Å². The Hall–Kier alpha value is -2.95. The van der Waals surface area contributed by atoms with Gasteiger partial charge in [-0.15, -0.1) is 0 Å². The van der Waals surface area contributed by atoms with Gasteiger partial charge in [-0.2, -0.15) is 0 Å². The molecule has 1 heterocycles. The van der Waals surface area contributed by atoms with Gasteiger partial charge in [-0.05, 0) is 56.0 Å². The highest BCUT2D eigenvalue weighted by Gasteiger charge is 2.24. The van der Waals surface area contributed by atoms with E-state index in [2.05, 4.69) is 35.4 Å². The molecule has 0 aliphatic heterocycles. The highest BCUT2D eigenvalue weighted by atomic mass is 16.5. The SMILES string of the molecule is COc1ccccc1OCC(=O)NC1CCc2[nH]c3ccc(C)cc3c2C1. The van der Waals surface area contributed by atoms with Crippen molar-refractivity contribution in [1.29, 1.82) is 0 Å². The van der Waals surface area contributed by atoms with Crippen molar-refractivity contribution in [3.63, 3.8) is 0 Å². The van der Waals surface area contributed by atoms with Crippen LogP contribution < -0.4 is 14.8 Å². The summed E-state index contributed by atoms with van der Waals surface area (Å²) in [6.07, 6.45) is 2.72. The summed E-state index contributed by atoms with van der Waals surface area (Å²) in [5.41, 5.74) is 5.06. The lowest BCUT2D eigenvalue weighted by molar-refractivity contribution is -0.123. The van der Waals surface area contributed by atoms with Crippen LogP contribution in [-0.4, -0.2) is 30.6 Å². The van der Waals surface area contributed by atoms with Crippen molar-refractivity contribution in [2.45, 2.75) is 32.2 Å². The Labute approximate surface area is 158 Å². The van der Waals surface area contributed by atoms with E-state index in [0.717, 1.165) is 19.3 Å². The van der Waals surface area contributed by atoms with E-state index in [1.807, 2.05) is 18.2 Å². The first-order valence-electron chi connectivity index (χ1n) is 9.29. The van der Waals surface area contributed by atoms with Gasteiger partial charge in [0.25, 0.3) is 5.91 Å². The number of H-pyrrole nitrogens is 1. The molecule has 140 valence electrons. The monoisotopic (exact) mass is 364 g/mol. The predicted octanol–water partition coefficient (Wildman–Crippen LogP) is 3.54. The minimum Gasteiger partial charge on any atom is -0.493 e. The summed E-state index contributed by atoms with van der Waals surface area (Å²) in [7, 11) is 1.59. The number of carbonyl (C=O) groups excluding carboxylic acids is 1. The Morgan fingerprint density at radius 3 is 2.85 bits per heavy atom. The predicted molar refractivity (Wildman–Crippen MR) is 105 cm³/mol. The molecule has 0 spiro atoms. The lowest BCUT2D eigenvalue weighted by Crippen LogP contribution is -2.41. The van der Waals surface area contributed by atoms with Crippen LogP contribution in [0.15, 0.2) is 42.5 Å². The van der Waals surface area contributed by atoms with Crippen molar-refractivity contribution in [1.82, 2.24) is 10.3 Å². The molecule has 0 radical (unpaired) electrons. The third-order valence-electron chi connectivity index (χ3n) is 5.14. The first kappa shape index (κ1) is 17.5. The first-order chi connectivity index (χ1) is 13.1. The maximum Gasteiger partial charge on any atom is 0.258 e. The summed E-state index contributed by atoms with van der Waals surface area (Å²) >= 11 is 0. The smallest absolute Gasteiger partial charge is 0.258 e. The zero-order chi connectivity index (χ0) is 18.8. The molecule has 1 aromatic heterocycles. The number of benzene rings is 2. The van der Waals surface area contributed by atoms with Crippen molar-refractivity contribution >= 4 is 16.8 Å². The van der Waals surface area contributed by atoms with Crippen LogP contribution in [0.25, 0.3) is 10.9 Å². The molecule has 0 bridgehead atoms. The number of methoxy groups -OCH3 is 1. The average Bonchev–Trinajstić information content (AvgIpc) is 3.04. The third-order valence-corrected chi connectivity index (χ3v) is 5.14. The molecule has 5 nitrogen and oxygen atoms in total. The number of fused-ring (bicyclic) bond motifs is 3. The summed E-state index contributed by atoms with van der Waals surface area (Å²) in [5, 5.41) is 4.39. The number of rotatable bonds is 5. The fraction of sp³-hybridized carbons (Fsp3) is 0.318. The molecule has 1 atom stereocenters. The highest BCUT2D eigenvalue weighted by Crippen LogP contribution is 2.30. The second-order valence-electron chi connectivity index (χ2n) is 7.08. The number of aryl methyl sites for hydroxylation is 2. The van der Waals surface area contributed by atoms with Crippen molar-refractivity contribution < 1.29 is 14.3 Å². The van der Waals surface area contributed by atoms with Crippen molar-refractivity contribution in [3.05, 3.63) is 59.3 Å². The Balaban J connectivity index is 1.40. The van der Waals surface area contributed by atoms with Crippen LogP contribution in [-0.2, 0) is 17.6 Å². The second-order valence-corrected chi connectivity index (χ2v) is 7.08. The van der Waals surface area contributed by atoms with E-state index in [0.29, 0.717) is 11.5 Å². The summed E-state index contributed by atoms with van der Waals surface area (Å²) in [6, 6.07) is 14.0. The number of para-hydroxylation sites is 2. The molecule has 0 fully saturated rings. The van der Waals surface area contributed by atoms with Crippen LogP contribution in [0.2, 0.25) is 0 Å². The van der Waals surface area contributed by atoms with E-state index < -0.39 is 0 Å². The van der Waals surface area contributed by atoms with E-state index in [4.69, 9.17) is 9.47 Å². The largest absolute Gasteiger partial charge is 0.493 e. The molecule has 1 unspecified atom stereocenters. The Bertz CT molecular complexity index is 977. The number of carbonyl (C=O) groups is 1. The number of hydrogen-bond acceptors (Lipinski definition) is 3. The summed E-state index contributed by atoms with van der Waals surface area (Å²) < 4.78 is 10.9. The van der Waals surface area contributed by atoms with E-state index in [1.54, 1.807) is 13.2 Å². The van der Waals surface area contributed by atoms with E-state index in [9.17, 15) is 4.79 Å². The topological polar surface area (TPSA) is 63.4 Å². The molecule has 2 aromatic carbocycles. The van der Waals surface area contributed by atoms with Crippen LogP contribution in [0.3, 0.4) is 0 Å². The van der Waals surface area contributed by atoms with Crippen LogP contribution in [0.1, 0.15) is 23.2 Å². The molecule has 27 heavy (non-hydrogen) atoms. The van der Waals surface area contributed by atoms with Crippen molar-refractivity contribution in [2.24, 2.45) is 0 Å². The van der Waals surface area contributed by atoms with Gasteiger partial charge in [0.05, 0.1) is 7.11 Å². The van der Waals surface area contributed by atoms with Gasteiger partial charge in [0.1, 0.15) is 0 Å². The van der Waals surface area contributed by atoms with Gasteiger partial charge >= 0.3 is 0 Å². The second kappa shape index (κ2) is 7.35. The molecular weight excluding hydrogens is 340 g/mol. The Morgan fingerprint density at radius 2 is 2.04 bits per heavy atom. The van der Waals surface area contributed by atoms with Crippen molar-refractivity contribution in [3.8, 4) is 11.5 Å². The molecule has 0 saturated carbocycles. The number of amides is 1.